The molecule has 6 nitrogen and oxygen atoms in total. The molecule has 0 saturated carbocycles. The molecule has 0 atom stereocenters. The van der Waals surface area contributed by atoms with E-state index in [1.807, 2.05) is 5.43 Å². The van der Waals surface area contributed by atoms with Crippen LogP contribution in [-0.2, 0) is 0 Å². The molecule has 0 aromatic heterocycles. The molecule has 1 N–H and O–H groups in total. The van der Waals surface area contributed by atoms with Gasteiger partial charge in [-0.15, -0.1) is 0 Å². The summed E-state index contributed by atoms with van der Waals surface area (Å²) in [6, 6.07) is 2.54. The highest BCUT2D eigenvalue weighted by molar-refractivity contribution is 5.96. The zero-order valence-corrected chi connectivity index (χ0v) is 14.7. The fourth-order valence-corrected chi connectivity index (χ4v) is 2.17. The molecule has 0 aliphatic heterocycles. The van der Waals surface area contributed by atoms with E-state index in [0.29, 0.717) is 6.21 Å². The second-order valence-electron chi connectivity index (χ2n) is 5.10. The molecule has 0 radical (unpaired) electrons. The van der Waals surface area contributed by atoms with Crippen LogP contribution in [0.25, 0.3) is 0 Å². The van der Waals surface area contributed by atoms with Crippen LogP contribution in [0.15, 0.2) is 17.2 Å². The van der Waals surface area contributed by atoms with Crippen molar-refractivity contribution in [3.05, 3.63) is 52.3 Å². The first kappa shape index (κ1) is 20.9. The predicted molar refractivity (Wildman–Crippen MR) is 87.4 cm³/mol. The van der Waals surface area contributed by atoms with Gasteiger partial charge in [0, 0.05) is 5.56 Å². The van der Waals surface area contributed by atoms with Crippen LogP contribution in [0.5, 0.6) is 17.2 Å². The van der Waals surface area contributed by atoms with E-state index in [1.54, 1.807) is 0 Å². The van der Waals surface area contributed by atoms with Crippen LogP contribution >= 0.6 is 0 Å². The molecule has 28 heavy (non-hydrogen) atoms. The van der Waals surface area contributed by atoms with Crippen molar-refractivity contribution in [3.8, 4) is 17.2 Å². The highest BCUT2D eigenvalue weighted by atomic mass is 19.2. The van der Waals surface area contributed by atoms with E-state index in [-0.39, 0.29) is 22.8 Å². The van der Waals surface area contributed by atoms with Crippen LogP contribution in [0, 0.1) is 29.1 Å². The summed E-state index contributed by atoms with van der Waals surface area (Å²) in [6.07, 6.45) is 0.298. The number of ether oxygens (including phenoxy) is 3. The van der Waals surface area contributed by atoms with Crippen LogP contribution in [-0.4, -0.2) is 33.5 Å². The van der Waals surface area contributed by atoms with Gasteiger partial charge in [0.05, 0.1) is 33.1 Å². The van der Waals surface area contributed by atoms with Crippen LogP contribution in [0.4, 0.5) is 22.0 Å². The number of rotatable bonds is 6. The summed E-state index contributed by atoms with van der Waals surface area (Å²) in [6.45, 7) is 0. The minimum absolute atomic E-state index is 0.0379. The first-order valence-corrected chi connectivity index (χ1v) is 7.41. The molecule has 0 aliphatic rings. The molecule has 150 valence electrons. The van der Waals surface area contributed by atoms with Gasteiger partial charge in [-0.2, -0.15) is 5.10 Å². The largest absolute Gasteiger partial charge is 0.493 e. The fourth-order valence-electron chi connectivity index (χ4n) is 2.17. The summed E-state index contributed by atoms with van der Waals surface area (Å²) in [4.78, 5) is 12.2. The number of nitrogens with one attached hydrogen (secondary N) is 1. The lowest BCUT2D eigenvalue weighted by Crippen LogP contribution is -2.18. The summed E-state index contributed by atoms with van der Waals surface area (Å²) in [5.41, 5.74) is 0.560. The lowest BCUT2D eigenvalue weighted by atomic mass is 10.1. The predicted octanol–water partition coefficient (Wildman–Crippen LogP) is 3.17. The van der Waals surface area contributed by atoms with Gasteiger partial charge in [0.1, 0.15) is 0 Å². The van der Waals surface area contributed by atoms with E-state index >= 15 is 0 Å². The summed E-state index contributed by atoms with van der Waals surface area (Å²) in [5, 5.41) is 3.23. The molecular formula is C17H13F5N2O4. The zero-order valence-electron chi connectivity index (χ0n) is 14.7. The summed E-state index contributed by atoms with van der Waals surface area (Å²) >= 11 is 0. The van der Waals surface area contributed by atoms with Gasteiger partial charge in [-0.3, -0.25) is 4.79 Å². The van der Waals surface area contributed by atoms with Crippen molar-refractivity contribution in [1.82, 2.24) is 5.43 Å². The summed E-state index contributed by atoms with van der Waals surface area (Å²) < 4.78 is 81.6. The Morgan fingerprint density at radius 2 is 1.32 bits per heavy atom. The van der Waals surface area contributed by atoms with E-state index in [1.165, 1.54) is 33.5 Å². The van der Waals surface area contributed by atoms with E-state index in [9.17, 15) is 26.7 Å². The number of nitrogens with zero attached hydrogens (tertiary/aromatic N) is 1. The first-order chi connectivity index (χ1) is 13.3. The van der Waals surface area contributed by atoms with Gasteiger partial charge in [0.25, 0.3) is 5.91 Å². The van der Waals surface area contributed by atoms with Crippen LogP contribution < -0.4 is 19.6 Å². The number of amides is 1. The van der Waals surface area contributed by atoms with Crippen molar-refractivity contribution in [2.75, 3.05) is 21.3 Å². The van der Waals surface area contributed by atoms with Crippen LogP contribution in [0.2, 0.25) is 0 Å². The molecule has 0 unspecified atom stereocenters. The molecule has 11 heteroatoms. The van der Waals surface area contributed by atoms with Crippen molar-refractivity contribution >= 4 is 12.1 Å². The average molecular weight is 404 g/mol. The molecule has 0 fully saturated rings. The fraction of sp³-hybridized carbons (Fsp3) is 0.176. The van der Waals surface area contributed by atoms with Crippen molar-refractivity contribution in [3.63, 3.8) is 0 Å². The average Bonchev–Trinajstić information content (AvgIpc) is 2.71. The monoisotopic (exact) mass is 404 g/mol. The van der Waals surface area contributed by atoms with Crippen LogP contribution in [0.3, 0.4) is 0 Å². The minimum Gasteiger partial charge on any atom is -0.493 e. The van der Waals surface area contributed by atoms with Gasteiger partial charge in [-0.25, -0.2) is 27.4 Å². The lowest BCUT2D eigenvalue weighted by Gasteiger charge is -2.13. The number of hydrogen-bond donors (Lipinski definition) is 1. The van der Waals surface area contributed by atoms with E-state index in [2.05, 4.69) is 5.10 Å². The standard InChI is InChI=1S/C17H13F5N2O4/c1-26-9-4-7(5-10(27-2)16(9)28-3)17(25)24-23-6-8-11(18)13(20)15(22)14(21)12(8)19/h4-6H,1-3H3,(H,24,25). The topological polar surface area (TPSA) is 69.2 Å². The molecule has 0 bridgehead atoms. The second kappa shape index (κ2) is 8.55. The van der Waals surface area contributed by atoms with Gasteiger partial charge < -0.3 is 14.2 Å². The normalized spacial score (nSPS) is 10.9. The van der Waals surface area contributed by atoms with Crippen molar-refractivity contribution in [1.29, 1.82) is 0 Å². The quantitative estimate of drug-likeness (QED) is 0.264. The second-order valence-corrected chi connectivity index (χ2v) is 5.10. The maximum absolute atomic E-state index is 13.6. The Bertz CT molecular complexity index is 896. The Morgan fingerprint density at radius 1 is 0.857 bits per heavy atom. The SMILES string of the molecule is COc1cc(C(=O)NN=Cc2c(F)c(F)c(F)c(F)c2F)cc(OC)c1OC. The molecule has 1 amide bonds. The number of benzene rings is 2. The Morgan fingerprint density at radius 3 is 1.75 bits per heavy atom. The number of carbonyl (C=O) groups is 1. The number of methoxy groups -OCH3 is 3. The lowest BCUT2D eigenvalue weighted by molar-refractivity contribution is 0.0954. The smallest absolute Gasteiger partial charge is 0.271 e. The minimum atomic E-state index is -2.30. The molecular weight excluding hydrogens is 391 g/mol. The maximum atomic E-state index is 13.6. The number of carbonyl (C=O) groups excluding carboxylic acids is 1. The van der Waals surface area contributed by atoms with E-state index in [0.717, 1.165) is 0 Å². The maximum Gasteiger partial charge on any atom is 0.271 e. The number of halogens is 5. The summed E-state index contributed by atoms with van der Waals surface area (Å²) in [5.74, 6) is -11.1. The highest BCUT2D eigenvalue weighted by Crippen LogP contribution is 2.38. The summed E-state index contributed by atoms with van der Waals surface area (Å²) in [7, 11) is 4.00. The molecule has 2 aromatic rings. The van der Waals surface area contributed by atoms with E-state index < -0.39 is 40.6 Å². The van der Waals surface area contributed by atoms with Gasteiger partial charge >= 0.3 is 0 Å². The van der Waals surface area contributed by atoms with Crippen LogP contribution in [0.1, 0.15) is 15.9 Å². The Labute approximate surface area is 155 Å². The zero-order chi connectivity index (χ0) is 21.0. The van der Waals surface area contributed by atoms with Gasteiger partial charge in [-0.05, 0) is 12.1 Å². The molecule has 0 aliphatic carbocycles. The third-order valence-corrected chi connectivity index (χ3v) is 3.53. The molecule has 2 aromatic carbocycles. The van der Waals surface area contributed by atoms with Crippen molar-refractivity contribution < 1.29 is 41.0 Å². The van der Waals surface area contributed by atoms with Gasteiger partial charge in [0.2, 0.25) is 11.6 Å². The Kier molecular flexibility index (Phi) is 6.39. The third-order valence-electron chi connectivity index (χ3n) is 3.53. The first-order valence-electron chi connectivity index (χ1n) is 7.41. The Balaban J connectivity index is 2.31. The molecule has 0 spiro atoms. The van der Waals surface area contributed by atoms with Gasteiger partial charge in [-0.1, -0.05) is 0 Å². The highest BCUT2D eigenvalue weighted by Gasteiger charge is 2.24. The molecule has 2 rings (SSSR count). The van der Waals surface area contributed by atoms with E-state index in [4.69, 9.17) is 14.2 Å². The van der Waals surface area contributed by atoms with Crippen molar-refractivity contribution in [2.24, 2.45) is 5.10 Å². The van der Waals surface area contributed by atoms with Gasteiger partial charge in [0.15, 0.2) is 34.8 Å². The Hall–Kier alpha value is -3.37. The molecule has 0 heterocycles. The number of hydrazone groups is 1. The number of hydrogen-bond acceptors (Lipinski definition) is 5. The third kappa shape index (κ3) is 3.82. The molecule has 0 saturated heterocycles. The van der Waals surface area contributed by atoms with Crippen molar-refractivity contribution in [2.45, 2.75) is 0 Å².